The second-order valence-corrected chi connectivity index (χ2v) is 5.23. The summed E-state index contributed by atoms with van der Waals surface area (Å²) >= 11 is 0. The van der Waals surface area contributed by atoms with E-state index in [1.807, 2.05) is 6.07 Å². The van der Waals surface area contributed by atoms with Crippen molar-refractivity contribution in [2.45, 2.75) is 5.91 Å². The molecule has 2 rings (SSSR count). The largest absolute Gasteiger partial charge is 0.360 e. The Morgan fingerprint density at radius 2 is 1.33 bits per heavy atom. The Labute approximate surface area is 110 Å². The van der Waals surface area contributed by atoms with E-state index in [9.17, 15) is 0 Å². The topological polar surface area (TPSA) is 18.5 Å². The maximum atomic E-state index is 5.21. The highest BCUT2D eigenvalue weighted by Gasteiger charge is 2.08. The molecule has 0 fully saturated rings. The second kappa shape index (κ2) is 6.49. The van der Waals surface area contributed by atoms with E-state index in [1.54, 1.807) is 14.2 Å². The molecule has 0 aromatic heterocycles. The van der Waals surface area contributed by atoms with Gasteiger partial charge in [-0.2, -0.15) is 0 Å². The summed E-state index contributed by atoms with van der Waals surface area (Å²) in [5.74, 6) is -0.146. The lowest BCUT2D eigenvalue weighted by molar-refractivity contribution is -0.0429. The summed E-state index contributed by atoms with van der Waals surface area (Å²) in [6.07, 6.45) is 0. The fourth-order valence-electron chi connectivity index (χ4n) is 1.74. The SMILES string of the molecule is COC(OC)[Si]c1ccc(-c2ccccc2)cc1. The molecule has 0 heterocycles. The Morgan fingerprint density at radius 3 is 1.89 bits per heavy atom. The van der Waals surface area contributed by atoms with Crippen LogP contribution in [0.25, 0.3) is 11.1 Å². The van der Waals surface area contributed by atoms with Gasteiger partial charge in [-0.05, 0) is 11.1 Å². The van der Waals surface area contributed by atoms with Gasteiger partial charge in [-0.25, -0.2) is 0 Å². The van der Waals surface area contributed by atoms with E-state index < -0.39 is 0 Å². The van der Waals surface area contributed by atoms with E-state index >= 15 is 0 Å². The van der Waals surface area contributed by atoms with E-state index in [2.05, 4.69) is 48.5 Å². The average molecular weight is 256 g/mol. The molecule has 0 aliphatic carbocycles. The summed E-state index contributed by atoms with van der Waals surface area (Å²) in [5, 5.41) is 1.24. The van der Waals surface area contributed by atoms with Crippen LogP contribution in [-0.2, 0) is 9.47 Å². The quantitative estimate of drug-likeness (QED) is 0.603. The van der Waals surface area contributed by atoms with Gasteiger partial charge in [0.05, 0.1) is 0 Å². The van der Waals surface area contributed by atoms with Gasteiger partial charge in [0.15, 0.2) is 9.52 Å². The Kier molecular flexibility index (Phi) is 4.70. The van der Waals surface area contributed by atoms with E-state index in [1.165, 1.54) is 16.3 Å². The van der Waals surface area contributed by atoms with Crippen LogP contribution < -0.4 is 5.19 Å². The molecule has 0 aliphatic heterocycles. The van der Waals surface area contributed by atoms with Crippen molar-refractivity contribution < 1.29 is 9.47 Å². The van der Waals surface area contributed by atoms with Crippen LogP contribution in [0, 0.1) is 0 Å². The van der Waals surface area contributed by atoms with Crippen LogP contribution in [-0.4, -0.2) is 29.7 Å². The number of hydrogen-bond donors (Lipinski definition) is 0. The van der Waals surface area contributed by atoms with Crippen molar-refractivity contribution in [3.8, 4) is 11.1 Å². The monoisotopic (exact) mass is 256 g/mol. The van der Waals surface area contributed by atoms with Crippen molar-refractivity contribution in [1.82, 2.24) is 0 Å². The first-order valence-corrected chi connectivity index (χ1v) is 6.89. The lowest BCUT2D eigenvalue weighted by atomic mass is 10.1. The molecule has 0 aliphatic rings. The molecular weight excluding hydrogens is 240 g/mol. The van der Waals surface area contributed by atoms with Crippen molar-refractivity contribution in [2.24, 2.45) is 0 Å². The predicted molar refractivity (Wildman–Crippen MR) is 75.1 cm³/mol. The normalized spacial score (nSPS) is 10.8. The molecule has 0 unspecified atom stereocenters. The lowest BCUT2D eigenvalue weighted by Crippen LogP contribution is -2.30. The Morgan fingerprint density at radius 1 is 0.778 bits per heavy atom. The Balaban J connectivity index is 2.11. The molecule has 2 aromatic carbocycles. The van der Waals surface area contributed by atoms with Crippen LogP contribution in [0.3, 0.4) is 0 Å². The van der Waals surface area contributed by atoms with Gasteiger partial charge in [0.1, 0.15) is 5.91 Å². The molecule has 0 amide bonds. The first kappa shape index (κ1) is 13.0. The van der Waals surface area contributed by atoms with E-state index in [0.29, 0.717) is 9.52 Å². The first-order valence-electron chi connectivity index (χ1n) is 5.81. The predicted octanol–water partition coefficient (Wildman–Crippen LogP) is 2.26. The molecule has 0 atom stereocenters. The van der Waals surface area contributed by atoms with Gasteiger partial charge < -0.3 is 9.47 Å². The number of methoxy groups -OCH3 is 2. The van der Waals surface area contributed by atoms with Crippen molar-refractivity contribution in [1.29, 1.82) is 0 Å². The minimum absolute atomic E-state index is 0.146. The molecule has 18 heavy (non-hydrogen) atoms. The molecule has 92 valence electrons. The van der Waals surface area contributed by atoms with Crippen molar-refractivity contribution in [2.75, 3.05) is 14.2 Å². The third kappa shape index (κ3) is 3.29. The number of rotatable bonds is 5. The highest BCUT2D eigenvalue weighted by molar-refractivity contribution is 6.54. The molecule has 2 nitrogen and oxygen atoms in total. The van der Waals surface area contributed by atoms with Gasteiger partial charge in [-0.3, -0.25) is 0 Å². The molecule has 0 spiro atoms. The zero-order valence-electron chi connectivity index (χ0n) is 10.6. The summed E-state index contributed by atoms with van der Waals surface area (Å²) in [6, 6.07) is 18.9. The average Bonchev–Trinajstić information content (AvgIpc) is 2.46. The molecule has 0 saturated carbocycles. The minimum Gasteiger partial charge on any atom is -0.360 e. The fourth-order valence-corrected chi connectivity index (χ4v) is 2.61. The standard InChI is InChI=1S/C15H16O2Si/c1-16-15(17-2)18-14-10-8-13(9-11-14)12-6-4-3-5-7-12/h3-11,15H,1-2H3. The van der Waals surface area contributed by atoms with Crippen LogP contribution in [0.2, 0.25) is 0 Å². The van der Waals surface area contributed by atoms with Crippen LogP contribution in [0.4, 0.5) is 0 Å². The zero-order chi connectivity index (χ0) is 12.8. The van der Waals surface area contributed by atoms with E-state index in [4.69, 9.17) is 9.47 Å². The summed E-state index contributed by atoms with van der Waals surface area (Å²) < 4.78 is 10.4. The number of hydrogen-bond acceptors (Lipinski definition) is 2. The summed E-state index contributed by atoms with van der Waals surface area (Å²) in [5.41, 5.74) is 2.47. The van der Waals surface area contributed by atoms with Crippen LogP contribution >= 0.6 is 0 Å². The van der Waals surface area contributed by atoms with Crippen molar-refractivity contribution >= 4 is 14.7 Å². The van der Waals surface area contributed by atoms with Crippen LogP contribution in [0.15, 0.2) is 54.6 Å². The molecule has 2 radical (unpaired) electrons. The van der Waals surface area contributed by atoms with Crippen LogP contribution in [0.5, 0.6) is 0 Å². The zero-order valence-corrected chi connectivity index (χ0v) is 11.6. The Bertz CT molecular complexity index is 464. The summed E-state index contributed by atoms with van der Waals surface area (Å²) in [7, 11) is 3.84. The molecule has 3 heteroatoms. The van der Waals surface area contributed by atoms with Gasteiger partial charge in [0, 0.05) is 14.2 Å². The molecule has 2 aromatic rings. The molecule has 0 N–H and O–H groups in total. The second-order valence-electron chi connectivity index (χ2n) is 3.89. The number of ether oxygens (including phenoxy) is 2. The third-order valence-electron chi connectivity index (χ3n) is 2.70. The summed E-state index contributed by atoms with van der Waals surface area (Å²) in [6.45, 7) is 0. The van der Waals surface area contributed by atoms with Crippen LogP contribution in [0.1, 0.15) is 0 Å². The highest BCUT2D eigenvalue weighted by atomic mass is 28.2. The Hall–Kier alpha value is -1.42. The van der Waals surface area contributed by atoms with Gasteiger partial charge >= 0.3 is 0 Å². The van der Waals surface area contributed by atoms with Gasteiger partial charge in [-0.15, -0.1) is 0 Å². The summed E-state index contributed by atoms with van der Waals surface area (Å²) in [4.78, 5) is 0. The van der Waals surface area contributed by atoms with Gasteiger partial charge in [-0.1, -0.05) is 59.8 Å². The fraction of sp³-hybridized carbons (Fsp3) is 0.200. The first-order chi connectivity index (χ1) is 8.83. The van der Waals surface area contributed by atoms with E-state index in [-0.39, 0.29) is 5.91 Å². The number of benzene rings is 2. The minimum atomic E-state index is -0.146. The lowest BCUT2D eigenvalue weighted by Gasteiger charge is -2.12. The van der Waals surface area contributed by atoms with Gasteiger partial charge in [0.25, 0.3) is 0 Å². The molecular formula is C15H16O2Si. The van der Waals surface area contributed by atoms with Gasteiger partial charge in [0.2, 0.25) is 0 Å². The molecule has 0 saturated heterocycles. The molecule has 0 bridgehead atoms. The van der Waals surface area contributed by atoms with Crippen molar-refractivity contribution in [3.05, 3.63) is 54.6 Å². The van der Waals surface area contributed by atoms with E-state index in [0.717, 1.165) is 0 Å². The smallest absolute Gasteiger partial charge is 0.157 e. The highest BCUT2D eigenvalue weighted by Crippen LogP contribution is 2.16. The third-order valence-corrected chi connectivity index (χ3v) is 4.08. The maximum absolute atomic E-state index is 5.21. The maximum Gasteiger partial charge on any atom is 0.157 e. The van der Waals surface area contributed by atoms with Crippen molar-refractivity contribution in [3.63, 3.8) is 0 Å².